The van der Waals surface area contributed by atoms with Crippen molar-refractivity contribution in [3.63, 3.8) is 0 Å². The summed E-state index contributed by atoms with van der Waals surface area (Å²) in [6.45, 7) is 3.52. The zero-order chi connectivity index (χ0) is 10.7. The molecule has 0 bridgehead atoms. The Morgan fingerprint density at radius 3 is 2.79 bits per heavy atom. The van der Waals surface area contributed by atoms with Gasteiger partial charge in [-0.05, 0) is 35.3 Å². The summed E-state index contributed by atoms with van der Waals surface area (Å²) in [6, 6.07) is 7.40. The van der Waals surface area contributed by atoms with Crippen molar-refractivity contribution in [3.05, 3.63) is 33.8 Å². The molecule has 1 rings (SSSR count). The lowest BCUT2D eigenvalue weighted by atomic mass is 9.99. The van der Waals surface area contributed by atoms with Gasteiger partial charge >= 0.3 is 0 Å². The Kier molecular flexibility index (Phi) is 3.43. The van der Waals surface area contributed by atoms with Crippen LogP contribution in [-0.4, -0.2) is 5.78 Å². The van der Waals surface area contributed by atoms with Crippen LogP contribution in [0.3, 0.4) is 0 Å². The molecule has 0 fully saturated rings. The number of hydrogen-bond acceptors (Lipinski definition) is 2. The zero-order valence-electron chi connectivity index (χ0n) is 8.04. The van der Waals surface area contributed by atoms with Crippen LogP contribution < -0.4 is 0 Å². The molecule has 1 atom stereocenters. The molecule has 0 saturated heterocycles. The molecule has 1 aromatic carbocycles. The Balaban J connectivity index is 3.15. The maximum absolute atomic E-state index is 11.7. The van der Waals surface area contributed by atoms with E-state index in [9.17, 15) is 4.79 Å². The van der Waals surface area contributed by atoms with Crippen molar-refractivity contribution in [2.45, 2.75) is 13.8 Å². The van der Waals surface area contributed by atoms with Gasteiger partial charge in [-0.15, -0.1) is 0 Å². The van der Waals surface area contributed by atoms with E-state index in [1.807, 2.05) is 25.1 Å². The third-order valence-corrected chi connectivity index (χ3v) is 3.10. The molecule has 72 valence electrons. The molecule has 0 amide bonds. The van der Waals surface area contributed by atoms with Crippen LogP contribution in [0, 0.1) is 24.2 Å². The molecular weight excluding hydrogens is 242 g/mol. The SMILES string of the molecule is Cc1cccc(C(=O)C(C)C#N)c1Br. The molecule has 0 N–H and O–H groups in total. The highest BCUT2D eigenvalue weighted by atomic mass is 79.9. The lowest BCUT2D eigenvalue weighted by molar-refractivity contribution is 0.0955. The number of benzene rings is 1. The largest absolute Gasteiger partial charge is 0.293 e. The van der Waals surface area contributed by atoms with Crippen LogP contribution >= 0.6 is 15.9 Å². The van der Waals surface area contributed by atoms with E-state index in [1.165, 1.54) is 0 Å². The van der Waals surface area contributed by atoms with Gasteiger partial charge in [-0.3, -0.25) is 4.79 Å². The van der Waals surface area contributed by atoms with Gasteiger partial charge in [0.25, 0.3) is 0 Å². The van der Waals surface area contributed by atoms with Gasteiger partial charge in [0.15, 0.2) is 5.78 Å². The molecule has 0 radical (unpaired) electrons. The number of nitrogens with zero attached hydrogens (tertiary/aromatic N) is 1. The summed E-state index contributed by atoms with van der Waals surface area (Å²) in [5.41, 5.74) is 1.58. The molecule has 1 unspecified atom stereocenters. The van der Waals surface area contributed by atoms with Crippen LogP contribution in [-0.2, 0) is 0 Å². The molecule has 0 aliphatic rings. The number of carbonyl (C=O) groups is 1. The third-order valence-electron chi connectivity index (χ3n) is 2.04. The summed E-state index contributed by atoms with van der Waals surface area (Å²) in [5.74, 6) is -0.726. The van der Waals surface area contributed by atoms with Crippen LogP contribution in [0.1, 0.15) is 22.8 Å². The quantitative estimate of drug-likeness (QED) is 0.759. The van der Waals surface area contributed by atoms with Crippen molar-refractivity contribution in [3.8, 4) is 6.07 Å². The standard InChI is InChI=1S/C11H10BrNO/c1-7-4-3-5-9(10(7)12)11(14)8(2)6-13/h3-5,8H,1-2H3. The summed E-state index contributed by atoms with van der Waals surface area (Å²) >= 11 is 3.35. The summed E-state index contributed by atoms with van der Waals surface area (Å²) in [4.78, 5) is 11.7. The van der Waals surface area contributed by atoms with Crippen molar-refractivity contribution in [2.24, 2.45) is 5.92 Å². The lowest BCUT2D eigenvalue weighted by Crippen LogP contribution is -2.10. The van der Waals surface area contributed by atoms with Gasteiger partial charge in [-0.1, -0.05) is 18.2 Å². The fraction of sp³-hybridized carbons (Fsp3) is 0.273. The number of halogens is 1. The predicted octanol–water partition coefficient (Wildman–Crippen LogP) is 3.10. The summed E-state index contributed by atoms with van der Waals surface area (Å²) in [6.07, 6.45) is 0. The highest BCUT2D eigenvalue weighted by molar-refractivity contribution is 9.10. The van der Waals surface area contributed by atoms with Gasteiger partial charge in [0.2, 0.25) is 0 Å². The van der Waals surface area contributed by atoms with Gasteiger partial charge in [0.1, 0.15) is 5.92 Å². The maximum atomic E-state index is 11.7. The Labute approximate surface area is 91.7 Å². The number of ketones is 1. The fourth-order valence-corrected chi connectivity index (χ4v) is 1.59. The van der Waals surface area contributed by atoms with Gasteiger partial charge in [0.05, 0.1) is 6.07 Å². The van der Waals surface area contributed by atoms with Crippen LogP contribution in [0.2, 0.25) is 0 Å². The number of nitriles is 1. The second kappa shape index (κ2) is 4.39. The van der Waals surface area contributed by atoms with E-state index in [1.54, 1.807) is 13.0 Å². The van der Waals surface area contributed by atoms with Crippen LogP contribution in [0.25, 0.3) is 0 Å². The average Bonchev–Trinajstić information content (AvgIpc) is 2.20. The van der Waals surface area contributed by atoms with Gasteiger partial charge in [0, 0.05) is 10.0 Å². The minimum atomic E-state index is -0.590. The van der Waals surface area contributed by atoms with Crippen LogP contribution in [0.15, 0.2) is 22.7 Å². The monoisotopic (exact) mass is 251 g/mol. The van der Waals surface area contributed by atoms with Crippen molar-refractivity contribution in [2.75, 3.05) is 0 Å². The van der Waals surface area contributed by atoms with E-state index in [0.717, 1.165) is 10.0 Å². The van der Waals surface area contributed by atoms with E-state index in [4.69, 9.17) is 5.26 Å². The fourth-order valence-electron chi connectivity index (χ4n) is 1.13. The Morgan fingerprint density at radius 1 is 1.57 bits per heavy atom. The summed E-state index contributed by atoms with van der Waals surface area (Å²) < 4.78 is 0.784. The lowest BCUT2D eigenvalue weighted by Gasteiger charge is -2.06. The van der Waals surface area contributed by atoms with Gasteiger partial charge in [-0.25, -0.2) is 0 Å². The van der Waals surface area contributed by atoms with E-state index in [-0.39, 0.29) is 5.78 Å². The number of carbonyl (C=O) groups excluding carboxylic acids is 1. The minimum Gasteiger partial charge on any atom is -0.293 e. The average molecular weight is 252 g/mol. The first-order chi connectivity index (χ1) is 6.57. The number of aryl methyl sites for hydroxylation is 1. The Morgan fingerprint density at radius 2 is 2.21 bits per heavy atom. The van der Waals surface area contributed by atoms with Crippen molar-refractivity contribution >= 4 is 21.7 Å². The molecule has 0 saturated carbocycles. The first-order valence-corrected chi connectivity index (χ1v) is 5.06. The van der Waals surface area contributed by atoms with Crippen LogP contribution in [0.5, 0.6) is 0 Å². The second-order valence-corrected chi connectivity index (χ2v) is 3.94. The third kappa shape index (κ3) is 2.02. The Hall–Kier alpha value is -1.14. The molecular formula is C11H10BrNO. The molecule has 0 aromatic heterocycles. The highest BCUT2D eigenvalue weighted by Gasteiger charge is 2.17. The van der Waals surface area contributed by atoms with E-state index in [2.05, 4.69) is 15.9 Å². The molecule has 2 nitrogen and oxygen atoms in total. The van der Waals surface area contributed by atoms with E-state index in [0.29, 0.717) is 5.56 Å². The Bertz CT molecular complexity index is 406. The molecule has 0 aliphatic carbocycles. The zero-order valence-corrected chi connectivity index (χ0v) is 9.63. The topological polar surface area (TPSA) is 40.9 Å². The predicted molar refractivity (Wildman–Crippen MR) is 58.0 cm³/mol. The van der Waals surface area contributed by atoms with E-state index >= 15 is 0 Å². The molecule has 0 heterocycles. The second-order valence-electron chi connectivity index (χ2n) is 3.15. The summed E-state index contributed by atoms with van der Waals surface area (Å²) in [7, 11) is 0. The van der Waals surface area contributed by atoms with Gasteiger partial charge in [-0.2, -0.15) is 5.26 Å². The molecule has 14 heavy (non-hydrogen) atoms. The maximum Gasteiger partial charge on any atom is 0.180 e. The molecule has 0 aliphatic heterocycles. The number of rotatable bonds is 2. The smallest absolute Gasteiger partial charge is 0.180 e. The normalized spacial score (nSPS) is 11.9. The van der Waals surface area contributed by atoms with Crippen LogP contribution in [0.4, 0.5) is 0 Å². The van der Waals surface area contributed by atoms with Crippen molar-refractivity contribution < 1.29 is 4.79 Å². The number of Topliss-reactive ketones (excluding diaryl/α,β-unsaturated/α-hetero) is 1. The van der Waals surface area contributed by atoms with Crippen molar-refractivity contribution in [1.29, 1.82) is 5.26 Å². The van der Waals surface area contributed by atoms with Gasteiger partial charge < -0.3 is 0 Å². The van der Waals surface area contributed by atoms with E-state index < -0.39 is 5.92 Å². The first kappa shape index (κ1) is 10.9. The first-order valence-electron chi connectivity index (χ1n) is 4.27. The molecule has 0 spiro atoms. The molecule has 1 aromatic rings. The highest BCUT2D eigenvalue weighted by Crippen LogP contribution is 2.23. The number of hydrogen-bond donors (Lipinski definition) is 0. The summed E-state index contributed by atoms with van der Waals surface area (Å²) in [5, 5.41) is 8.64. The molecule has 3 heteroatoms. The van der Waals surface area contributed by atoms with Crippen molar-refractivity contribution in [1.82, 2.24) is 0 Å². The minimum absolute atomic E-state index is 0.136.